The van der Waals surface area contributed by atoms with Crippen molar-refractivity contribution >= 4 is 12.1 Å². The monoisotopic (exact) mass is 673 g/mol. The molecule has 0 aromatic heterocycles. The van der Waals surface area contributed by atoms with Crippen LogP contribution in [0.4, 0.5) is 4.79 Å². The van der Waals surface area contributed by atoms with Gasteiger partial charge in [-0.05, 0) is 0 Å². The predicted molar refractivity (Wildman–Crippen MR) is 160 cm³/mol. The normalized spacial score (nSPS) is 14.5. The first-order valence-corrected chi connectivity index (χ1v) is 15.7. The van der Waals surface area contributed by atoms with Gasteiger partial charge in [-0.25, -0.2) is 9.59 Å². The zero-order chi connectivity index (χ0) is 33.0. The molecule has 0 aromatic carbocycles. The van der Waals surface area contributed by atoms with E-state index in [1.165, 1.54) is 0 Å². The summed E-state index contributed by atoms with van der Waals surface area (Å²) >= 11 is 0. The van der Waals surface area contributed by atoms with Crippen LogP contribution in [-0.2, 0) is 71.1 Å². The molecule has 1 saturated heterocycles. The molecule has 0 aromatic rings. The highest BCUT2D eigenvalue weighted by Gasteiger charge is 2.23. The minimum atomic E-state index is -0.529. The lowest BCUT2D eigenvalue weighted by molar-refractivity contribution is -0.151. The van der Waals surface area contributed by atoms with Crippen LogP contribution in [0.5, 0.6) is 0 Å². The van der Waals surface area contributed by atoms with Crippen LogP contribution >= 0.6 is 0 Å². The summed E-state index contributed by atoms with van der Waals surface area (Å²) in [5.74, 6) is -0.529. The number of nitrogens with one attached hydrogen (secondary N) is 1. The van der Waals surface area contributed by atoms with Gasteiger partial charge in [0.15, 0.2) is 6.10 Å². The van der Waals surface area contributed by atoms with Gasteiger partial charge in [0.1, 0.15) is 13.2 Å². The Kier molecular flexibility index (Phi) is 31.8. The number of amides is 1. The Bertz CT molecular complexity index is 677. The van der Waals surface area contributed by atoms with Crippen molar-refractivity contribution < 1.29 is 75.9 Å². The minimum Gasteiger partial charge on any atom is -0.460 e. The van der Waals surface area contributed by atoms with Crippen LogP contribution < -0.4 is 5.32 Å². The van der Waals surface area contributed by atoms with Crippen molar-refractivity contribution in [3.05, 3.63) is 0 Å². The van der Waals surface area contributed by atoms with E-state index in [4.69, 9.17) is 66.3 Å². The number of ether oxygens (including phenoxy) is 14. The average molecular weight is 674 g/mol. The lowest BCUT2D eigenvalue weighted by Crippen LogP contribution is -2.24. The molecule has 17 heteroatoms. The standard InChI is InChI=1S/C29H55NO16/c1-33-2-3-34-4-5-35-6-7-36-8-9-37-10-11-38-12-13-39-14-15-40-16-17-41-18-19-42-20-21-43-22-23-44-26-28(31)45-25-27-24-30-29(32)46-27/h27H,2-26H2,1H3,(H,30,32)/t27-/m0/s1. The molecule has 272 valence electrons. The lowest BCUT2D eigenvalue weighted by Gasteiger charge is -2.10. The summed E-state index contributed by atoms with van der Waals surface area (Å²) in [5, 5.41) is 2.48. The van der Waals surface area contributed by atoms with Crippen LogP contribution in [0.15, 0.2) is 0 Å². The molecule has 1 aliphatic heterocycles. The number of carbonyl (C=O) groups excluding carboxylic acids is 2. The molecule has 1 heterocycles. The SMILES string of the molecule is COCCOCCOCCOCCOCCOCCOCCOCCOCCOCCOCCOCC(=O)OC[C@@H]1CNC(=O)O1. The Balaban J connectivity index is 1.63. The summed E-state index contributed by atoms with van der Waals surface area (Å²) in [6.07, 6.45) is -0.974. The van der Waals surface area contributed by atoms with Gasteiger partial charge in [0, 0.05) is 7.11 Å². The van der Waals surface area contributed by atoms with Gasteiger partial charge >= 0.3 is 12.1 Å². The van der Waals surface area contributed by atoms with Crippen LogP contribution in [0.1, 0.15) is 0 Å². The van der Waals surface area contributed by atoms with E-state index in [2.05, 4.69) is 5.32 Å². The zero-order valence-corrected chi connectivity index (χ0v) is 27.3. The summed E-state index contributed by atoms with van der Waals surface area (Å²) in [5.41, 5.74) is 0. The molecular weight excluding hydrogens is 618 g/mol. The third-order valence-electron chi connectivity index (χ3n) is 5.55. The highest BCUT2D eigenvalue weighted by molar-refractivity contribution is 5.71. The van der Waals surface area contributed by atoms with Crippen LogP contribution in [-0.4, -0.2) is 190 Å². The summed E-state index contributed by atoms with van der Waals surface area (Å²) in [6, 6.07) is 0. The Morgan fingerprint density at radius 3 is 1.13 bits per heavy atom. The molecule has 1 atom stereocenters. The maximum absolute atomic E-state index is 11.5. The van der Waals surface area contributed by atoms with Gasteiger partial charge < -0.3 is 71.6 Å². The van der Waals surface area contributed by atoms with Gasteiger partial charge in [0.2, 0.25) is 0 Å². The molecule has 0 bridgehead atoms. The third-order valence-corrected chi connectivity index (χ3v) is 5.55. The smallest absolute Gasteiger partial charge is 0.407 e. The number of carbonyl (C=O) groups is 2. The van der Waals surface area contributed by atoms with E-state index in [1.54, 1.807) is 7.11 Å². The van der Waals surface area contributed by atoms with E-state index in [1.807, 2.05) is 0 Å². The number of hydrogen-bond acceptors (Lipinski definition) is 16. The second-order valence-corrected chi connectivity index (χ2v) is 9.26. The van der Waals surface area contributed by atoms with Gasteiger partial charge in [0.25, 0.3) is 0 Å². The van der Waals surface area contributed by atoms with Crippen molar-refractivity contribution in [3.63, 3.8) is 0 Å². The van der Waals surface area contributed by atoms with Crippen molar-refractivity contribution in [1.29, 1.82) is 0 Å². The first-order chi connectivity index (χ1) is 22.7. The van der Waals surface area contributed by atoms with Crippen LogP contribution in [0.2, 0.25) is 0 Å². The first kappa shape index (κ1) is 42.3. The minimum absolute atomic E-state index is 0.0000611. The van der Waals surface area contributed by atoms with E-state index in [0.29, 0.717) is 145 Å². The molecule has 17 nitrogen and oxygen atoms in total. The summed E-state index contributed by atoms with van der Waals surface area (Å²) in [7, 11) is 1.64. The fraction of sp³-hybridized carbons (Fsp3) is 0.931. The maximum atomic E-state index is 11.5. The molecule has 0 saturated carbocycles. The van der Waals surface area contributed by atoms with E-state index < -0.39 is 18.2 Å². The first-order valence-electron chi connectivity index (χ1n) is 15.7. The number of methoxy groups -OCH3 is 1. The van der Waals surface area contributed by atoms with Gasteiger partial charge in [-0.3, -0.25) is 0 Å². The molecule has 1 rings (SSSR count). The topological polar surface area (TPSA) is 175 Å². The van der Waals surface area contributed by atoms with Gasteiger partial charge in [0.05, 0.1) is 152 Å². The van der Waals surface area contributed by atoms with Crippen molar-refractivity contribution in [2.45, 2.75) is 6.10 Å². The molecule has 0 aliphatic carbocycles. The van der Waals surface area contributed by atoms with Crippen molar-refractivity contribution in [2.24, 2.45) is 0 Å². The Morgan fingerprint density at radius 2 is 0.848 bits per heavy atom. The predicted octanol–water partition coefficient (Wildman–Crippen LogP) is -0.533. The summed E-state index contributed by atoms with van der Waals surface area (Å²) in [6.45, 7) is 10.6. The molecule has 1 aliphatic rings. The van der Waals surface area contributed by atoms with E-state index in [-0.39, 0.29) is 19.8 Å². The van der Waals surface area contributed by atoms with Gasteiger partial charge in [-0.1, -0.05) is 0 Å². The fourth-order valence-electron chi connectivity index (χ4n) is 3.25. The van der Waals surface area contributed by atoms with Crippen LogP contribution in [0.3, 0.4) is 0 Å². The number of alkyl carbamates (subject to hydrolysis) is 1. The quantitative estimate of drug-likeness (QED) is 0.0657. The molecule has 0 spiro atoms. The highest BCUT2D eigenvalue weighted by atomic mass is 16.6. The molecule has 1 fully saturated rings. The Morgan fingerprint density at radius 1 is 0.543 bits per heavy atom. The lowest BCUT2D eigenvalue weighted by atomic mass is 10.4. The molecule has 1 amide bonds. The van der Waals surface area contributed by atoms with Gasteiger partial charge in [-0.2, -0.15) is 0 Å². The number of esters is 1. The van der Waals surface area contributed by atoms with Crippen LogP contribution in [0, 0.1) is 0 Å². The zero-order valence-electron chi connectivity index (χ0n) is 27.3. The van der Waals surface area contributed by atoms with Crippen LogP contribution in [0.25, 0.3) is 0 Å². The average Bonchev–Trinajstić information content (AvgIpc) is 3.48. The van der Waals surface area contributed by atoms with Gasteiger partial charge in [-0.15, -0.1) is 0 Å². The second-order valence-electron chi connectivity index (χ2n) is 9.26. The maximum Gasteiger partial charge on any atom is 0.407 e. The number of rotatable bonds is 37. The number of cyclic esters (lactones) is 1. The second kappa shape index (κ2) is 34.6. The Hall–Kier alpha value is -1.74. The van der Waals surface area contributed by atoms with Crippen molar-refractivity contribution in [3.8, 4) is 0 Å². The third kappa shape index (κ3) is 30.9. The molecular formula is C29H55NO16. The molecule has 46 heavy (non-hydrogen) atoms. The van der Waals surface area contributed by atoms with Crippen molar-refractivity contribution in [2.75, 3.05) is 172 Å². The highest BCUT2D eigenvalue weighted by Crippen LogP contribution is 2.00. The molecule has 0 unspecified atom stereocenters. The largest absolute Gasteiger partial charge is 0.460 e. The summed E-state index contributed by atoms with van der Waals surface area (Å²) in [4.78, 5) is 22.4. The molecule has 0 radical (unpaired) electrons. The van der Waals surface area contributed by atoms with E-state index >= 15 is 0 Å². The fourth-order valence-corrected chi connectivity index (χ4v) is 3.25. The molecule has 1 N–H and O–H groups in total. The van der Waals surface area contributed by atoms with E-state index in [0.717, 1.165) is 0 Å². The summed E-state index contributed by atoms with van der Waals surface area (Å²) < 4.78 is 74.0. The van der Waals surface area contributed by atoms with E-state index in [9.17, 15) is 9.59 Å². The Labute approximate surface area is 271 Å². The van der Waals surface area contributed by atoms with Crippen molar-refractivity contribution in [1.82, 2.24) is 5.32 Å². The number of hydrogen-bond donors (Lipinski definition) is 1.